The molecule has 164 valence electrons. The van der Waals surface area contributed by atoms with Gasteiger partial charge in [-0.05, 0) is 47.2 Å². The van der Waals surface area contributed by atoms with Crippen LogP contribution in [0.4, 0.5) is 10.6 Å². The van der Waals surface area contributed by atoms with Crippen molar-refractivity contribution in [2.24, 2.45) is 0 Å². The summed E-state index contributed by atoms with van der Waals surface area (Å²) in [5.74, 6) is -0.431. The number of ether oxygens (including phenoxy) is 1. The van der Waals surface area contributed by atoms with Crippen LogP contribution in [0.15, 0.2) is 72.9 Å². The molecule has 0 bridgehead atoms. The number of amides is 1. The molecule has 4 rings (SSSR count). The molecular weight excluding hydrogens is 406 g/mol. The third-order valence-corrected chi connectivity index (χ3v) is 5.57. The van der Waals surface area contributed by atoms with E-state index in [9.17, 15) is 14.7 Å². The number of pyridine rings is 1. The van der Waals surface area contributed by atoms with Gasteiger partial charge in [-0.15, -0.1) is 0 Å². The largest absolute Gasteiger partial charge is 0.480 e. The number of fused-ring (bicyclic) bond motifs is 3. The van der Waals surface area contributed by atoms with E-state index in [2.05, 4.69) is 27.8 Å². The number of benzene rings is 2. The summed E-state index contributed by atoms with van der Waals surface area (Å²) in [6, 6.07) is 20.6. The van der Waals surface area contributed by atoms with Gasteiger partial charge in [-0.3, -0.25) is 0 Å². The van der Waals surface area contributed by atoms with Crippen LogP contribution >= 0.6 is 0 Å². The van der Waals surface area contributed by atoms with Gasteiger partial charge >= 0.3 is 12.1 Å². The average Bonchev–Trinajstić information content (AvgIpc) is 3.14. The zero-order valence-corrected chi connectivity index (χ0v) is 17.5. The number of anilines is 1. The van der Waals surface area contributed by atoms with Crippen molar-refractivity contribution in [3.63, 3.8) is 0 Å². The molecule has 3 N–H and O–H groups in total. The number of carboxylic acid groups (broad SMARTS) is 1. The van der Waals surface area contributed by atoms with Gasteiger partial charge in [-0.2, -0.15) is 0 Å². The molecule has 1 aromatic heterocycles. The van der Waals surface area contributed by atoms with E-state index in [4.69, 9.17) is 4.74 Å². The number of aliphatic carboxylic acids is 1. The maximum Gasteiger partial charge on any atom is 0.407 e. The first-order chi connectivity index (χ1) is 15.6. The highest BCUT2D eigenvalue weighted by Crippen LogP contribution is 2.44. The maximum atomic E-state index is 12.4. The van der Waals surface area contributed by atoms with E-state index >= 15 is 0 Å². The number of nitrogens with zero attached hydrogens (tertiary/aromatic N) is 1. The van der Waals surface area contributed by atoms with Crippen LogP contribution in [0.5, 0.6) is 0 Å². The molecule has 0 saturated heterocycles. The molecule has 1 aliphatic carbocycles. The Morgan fingerprint density at radius 3 is 2.25 bits per heavy atom. The lowest BCUT2D eigenvalue weighted by molar-refractivity contribution is -0.139. The van der Waals surface area contributed by atoms with E-state index in [1.54, 1.807) is 6.20 Å². The molecule has 0 unspecified atom stereocenters. The first-order valence-electron chi connectivity index (χ1n) is 10.6. The third-order valence-electron chi connectivity index (χ3n) is 5.57. The average molecular weight is 431 g/mol. The second-order valence-electron chi connectivity index (χ2n) is 7.64. The Morgan fingerprint density at radius 2 is 1.62 bits per heavy atom. The molecule has 1 atom stereocenters. The highest BCUT2D eigenvalue weighted by Gasteiger charge is 2.29. The first-order valence-corrected chi connectivity index (χ1v) is 10.6. The van der Waals surface area contributed by atoms with Crippen molar-refractivity contribution in [1.82, 2.24) is 10.3 Å². The van der Waals surface area contributed by atoms with Crippen molar-refractivity contribution < 1.29 is 19.4 Å². The standard InChI is InChI=1S/C25H25N3O4/c29-24(30)22(12-7-15-27-23-13-5-6-14-26-23)28-25(31)32-16-21-19-10-3-1-8-17(19)18-9-2-4-11-20(18)21/h1-6,8-11,13-14,21-22H,7,12,15-16H2,(H,26,27)(H,28,31)(H,29,30)/t22-/m0/s1. The number of carbonyl (C=O) groups excluding carboxylic acids is 1. The molecule has 0 saturated carbocycles. The lowest BCUT2D eigenvalue weighted by Crippen LogP contribution is -2.41. The van der Waals surface area contributed by atoms with Crippen molar-refractivity contribution >= 4 is 17.9 Å². The lowest BCUT2D eigenvalue weighted by Gasteiger charge is -2.17. The zero-order chi connectivity index (χ0) is 22.3. The molecule has 1 aliphatic rings. The number of hydrogen-bond donors (Lipinski definition) is 3. The Hall–Kier alpha value is -3.87. The van der Waals surface area contributed by atoms with E-state index in [1.807, 2.05) is 54.6 Å². The summed E-state index contributed by atoms with van der Waals surface area (Å²) in [6.07, 6.45) is 1.79. The van der Waals surface area contributed by atoms with Crippen molar-refractivity contribution in [3.8, 4) is 11.1 Å². The fourth-order valence-corrected chi connectivity index (χ4v) is 4.03. The maximum absolute atomic E-state index is 12.4. The molecule has 7 nitrogen and oxygen atoms in total. The van der Waals surface area contributed by atoms with Crippen LogP contribution in [0.25, 0.3) is 11.1 Å². The minimum atomic E-state index is -1.09. The summed E-state index contributed by atoms with van der Waals surface area (Å²) < 4.78 is 5.46. The Morgan fingerprint density at radius 1 is 0.969 bits per heavy atom. The number of hydrogen-bond acceptors (Lipinski definition) is 5. The van der Waals surface area contributed by atoms with Gasteiger partial charge in [0.1, 0.15) is 18.5 Å². The molecule has 1 heterocycles. The fourth-order valence-electron chi connectivity index (χ4n) is 4.03. The van der Waals surface area contributed by atoms with Crippen molar-refractivity contribution in [2.75, 3.05) is 18.5 Å². The highest BCUT2D eigenvalue weighted by atomic mass is 16.5. The SMILES string of the molecule is O=C(N[C@@H](CCCNc1ccccn1)C(=O)O)OCC1c2ccccc2-c2ccccc21. The van der Waals surface area contributed by atoms with Crippen LogP contribution in [0.3, 0.4) is 0 Å². The van der Waals surface area contributed by atoms with Gasteiger partial charge in [0.05, 0.1) is 0 Å². The van der Waals surface area contributed by atoms with Gasteiger partial charge in [0, 0.05) is 18.7 Å². The van der Waals surface area contributed by atoms with E-state index < -0.39 is 18.1 Å². The molecule has 0 fully saturated rings. The van der Waals surface area contributed by atoms with Gasteiger partial charge in [0.25, 0.3) is 0 Å². The highest BCUT2D eigenvalue weighted by molar-refractivity contribution is 5.81. The van der Waals surface area contributed by atoms with E-state index in [0.29, 0.717) is 13.0 Å². The number of alkyl carbamates (subject to hydrolysis) is 1. The minimum absolute atomic E-state index is 0.0704. The van der Waals surface area contributed by atoms with Crippen LogP contribution in [-0.2, 0) is 9.53 Å². The van der Waals surface area contributed by atoms with Crippen molar-refractivity contribution in [2.45, 2.75) is 24.8 Å². The van der Waals surface area contributed by atoms with E-state index in [0.717, 1.165) is 28.1 Å². The van der Waals surface area contributed by atoms with Gasteiger partial charge in [0.2, 0.25) is 0 Å². The second kappa shape index (κ2) is 9.96. The summed E-state index contributed by atoms with van der Waals surface area (Å²) >= 11 is 0. The number of aromatic nitrogens is 1. The molecule has 7 heteroatoms. The normalized spacial score (nSPS) is 13.0. The van der Waals surface area contributed by atoms with Crippen molar-refractivity contribution in [1.29, 1.82) is 0 Å². The quantitative estimate of drug-likeness (QED) is 0.438. The summed E-state index contributed by atoms with van der Waals surface area (Å²) in [7, 11) is 0. The summed E-state index contributed by atoms with van der Waals surface area (Å²) in [5, 5.41) is 15.1. The molecule has 2 aromatic carbocycles. The van der Waals surface area contributed by atoms with E-state index in [-0.39, 0.29) is 18.9 Å². The fraction of sp³-hybridized carbons (Fsp3) is 0.240. The number of carboxylic acids is 1. The van der Waals surface area contributed by atoms with Crippen LogP contribution in [0, 0.1) is 0 Å². The summed E-state index contributed by atoms with van der Waals surface area (Å²) in [5.41, 5.74) is 4.50. The predicted octanol–water partition coefficient (Wildman–Crippen LogP) is 4.27. The second-order valence-corrected chi connectivity index (χ2v) is 7.64. The van der Waals surface area contributed by atoms with Crippen LogP contribution < -0.4 is 10.6 Å². The Kier molecular flexibility index (Phi) is 6.65. The molecule has 1 amide bonds. The molecule has 0 aliphatic heterocycles. The van der Waals surface area contributed by atoms with Gasteiger partial charge < -0.3 is 20.5 Å². The smallest absolute Gasteiger partial charge is 0.407 e. The van der Waals surface area contributed by atoms with Crippen molar-refractivity contribution in [3.05, 3.63) is 84.1 Å². The summed E-state index contributed by atoms with van der Waals surface area (Å²) in [6.45, 7) is 0.695. The predicted molar refractivity (Wildman–Crippen MR) is 122 cm³/mol. The monoisotopic (exact) mass is 431 g/mol. The topological polar surface area (TPSA) is 101 Å². The molecular formula is C25H25N3O4. The molecule has 0 radical (unpaired) electrons. The van der Waals surface area contributed by atoms with Gasteiger partial charge in [-0.1, -0.05) is 54.6 Å². The van der Waals surface area contributed by atoms with Gasteiger partial charge in [0.15, 0.2) is 0 Å². The van der Waals surface area contributed by atoms with Crippen LogP contribution in [0.2, 0.25) is 0 Å². The third kappa shape index (κ3) is 4.88. The Balaban J connectivity index is 1.30. The molecule has 0 spiro atoms. The number of nitrogens with one attached hydrogen (secondary N) is 2. The Labute approximate surface area is 186 Å². The lowest BCUT2D eigenvalue weighted by atomic mass is 9.98. The Bertz CT molecular complexity index is 1040. The molecule has 32 heavy (non-hydrogen) atoms. The first kappa shape index (κ1) is 21.4. The number of rotatable bonds is 9. The van der Waals surface area contributed by atoms with Crippen LogP contribution in [0.1, 0.15) is 29.9 Å². The van der Waals surface area contributed by atoms with Crippen LogP contribution in [-0.4, -0.2) is 41.3 Å². The van der Waals surface area contributed by atoms with Gasteiger partial charge in [-0.25, -0.2) is 14.6 Å². The minimum Gasteiger partial charge on any atom is -0.480 e. The summed E-state index contributed by atoms with van der Waals surface area (Å²) in [4.78, 5) is 28.1. The number of carbonyl (C=O) groups is 2. The zero-order valence-electron chi connectivity index (χ0n) is 17.5. The molecule has 3 aromatic rings. The van der Waals surface area contributed by atoms with E-state index in [1.165, 1.54) is 0 Å².